The number of benzene rings is 1. The fourth-order valence-corrected chi connectivity index (χ4v) is 1.68. The Morgan fingerprint density at radius 2 is 2.00 bits per heavy atom. The van der Waals surface area contributed by atoms with Gasteiger partial charge in [0.25, 0.3) is 0 Å². The first kappa shape index (κ1) is 12.7. The maximum Gasteiger partial charge on any atom is 0.243 e. The second-order valence-corrected chi connectivity index (χ2v) is 4.15. The normalized spacial score (nSPS) is 12.6. The summed E-state index contributed by atoms with van der Waals surface area (Å²) >= 11 is 0. The molecule has 2 rings (SSSR count). The van der Waals surface area contributed by atoms with Crippen molar-refractivity contribution in [2.24, 2.45) is 5.73 Å². The molecule has 1 unspecified atom stereocenters. The van der Waals surface area contributed by atoms with Crippen LogP contribution in [0, 0.1) is 0 Å². The van der Waals surface area contributed by atoms with Crippen molar-refractivity contribution in [1.82, 2.24) is 10.1 Å². The first-order valence-corrected chi connectivity index (χ1v) is 6.02. The van der Waals surface area contributed by atoms with E-state index < -0.39 is 0 Å². The van der Waals surface area contributed by atoms with Crippen molar-refractivity contribution in [3.8, 4) is 0 Å². The van der Waals surface area contributed by atoms with E-state index in [9.17, 15) is 0 Å². The van der Waals surface area contributed by atoms with Crippen molar-refractivity contribution in [3.05, 3.63) is 47.6 Å². The molecule has 5 nitrogen and oxygen atoms in total. The molecule has 18 heavy (non-hydrogen) atoms. The van der Waals surface area contributed by atoms with Gasteiger partial charge >= 0.3 is 0 Å². The van der Waals surface area contributed by atoms with Gasteiger partial charge < -0.3 is 15.4 Å². The zero-order valence-corrected chi connectivity index (χ0v) is 10.1. The first-order valence-electron chi connectivity index (χ1n) is 6.02. The van der Waals surface area contributed by atoms with Gasteiger partial charge in [0.2, 0.25) is 5.89 Å². The predicted molar refractivity (Wildman–Crippen MR) is 66.8 cm³/mol. The van der Waals surface area contributed by atoms with E-state index >= 15 is 0 Å². The Hall–Kier alpha value is -1.72. The molecule has 0 amide bonds. The minimum absolute atomic E-state index is 0.0168. The van der Waals surface area contributed by atoms with E-state index in [1.54, 1.807) is 0 Å². The van der Waals surface area contributed by atoms with Gasteiger partial charge in [0.15, 0.2) is 5.82 Å². The number of hydrogen-bond donors (Lipinski definition) is 2. The van der Waals surface area contributed by atoms with Crippen molar-refractivity contribution in [2.45, 2.75) is 25.3 Å². The molecule has 1 heterocycles. The molecule has 0 saturated heterocycles. The summed E-state index contributed by atoms with van der Waals surface area (Å²) in [5.41, 5.74) is 7.01. The van der Waals surface area contributed by atoms with E-state index in [1.807, 2.05) is 18.2 Å². The lowest BCUT2D eigenvalue weighted by Crippen LogP contribution is -2.12. The van der Waals surface area contributed by atoms with Crippen LogP contribution in [0.2, 0.25) is 0 Å². The predicted octanol–water partition coefficient (Wildman–Crippen LogP) is 1.24. The molecular weight excluding hydrogens is 230 g/mol. The summed E-state index contributed by atoms with van der Waals surface area (Å²) in [7, 11) is 0. The average molecular weight is 247 g/mol. The van der Waals surface area contributed by atoms with Crippen LogP contribution < -0.4 is 5.73 Å². The maximum atomic E-state index is 8.79. The minimum atomic E-state index is -0.382. The first-order chi connectivity index (χ1) is 8.79. The van der Waals surface area contributed by atoms with E-state index in [-0.39, 0.29) is 12.6 Å². The van der Waals surface area contributed by atoms with Crippen LogP contribution >= 0.6 is 0 Å². The average Bonchev–Trinajstić information content (AvgIpc) is 2.87. The lowest BCUT2D eigenvalue weighted by Gasteiger charge is -2.01. The zero-order valence-electron chi connectivity index (χ0n) is 10.1. The summed E-state index contributed by atoms with van der Waals surface area (Å²) in [5, 5.41) is 12.7. The second kappa shape index (κ2) is 6.28. The van der Waals surface area contributed by atoms with E-state index in [0.29, 0.717) is 18.1 Å². The van der Waals surface area contributed by atoms with E-state index in [2.05, 4.69) is 22.3 Å². The number of aliphatic hydroxyl groups is 1. The van der Waals surface area contributed by atoms with Crippen LogP contribution in [0.15, 0.2) is 34.9 Å². The molecule has 0 spiro atoms. The SMILES string of the molecule is NC(CCO)c1nc(CCc2ccccc2)no1. The minimum Gasteiger partial charge on any atom is -0.396 e. The molecule has 0 radical (unpaired) electrons. The highest BCUT2D eigenvalue weighted by atomic mass is 16.5. The highest BCUT2D eigenvalue weighted by Gasteiger charge is 2.13. The lowest BCUT2D eigenvalue weighted by molar-refractivity contribution is 0.259. The van der Waals surface area contributed by atoms with Gasteiger partial charge in [-0.2, -0.15) is 4.98 Å². The number of aliphatic hydroxyl groups excluding tert-OH is 1. The van der Waals surface area contributed by atoms with Crippen LogP contribution in [-0.2, 0) is 12.8 Å². The molecule has 1 atom stereocenters. The molecule has 3 N–H and O–H groups in total. The molecule has 0 bridgehead atoms. The fraction of sp³-hybridized carbons (Fsp3) is 0.385. The number of nitrogens with zero attached hydrogens (tertiary/aromatic N) is 2. The third-order valence-electron chi connectivity index (χ3n) is 2.72. The Kier molecular flexibility index (Phi) is 4.44. The molecule has 0 aliphatic heterocycles. The van der Waals surface area contributed by atoms with Crippen LogP contribution in [0.1, 0.15) is 29.7 Å². The van der Waals surface area contributed by atoms with Crippen LogP contribution in [-0.4, -0.2) is 21.9 Å². The molecule has 0 aliphatic rings. The number of hydrogen-bond acceptors (Lipinski definition) is 5. The summed E-state index contributed by atoms with van der Waals surface area (Å²) < 4.78 is 5.07. The Morgan fingerprint density at radius 3 is 2.72 bits per heavy atom. The summed E-state index contributed by atoms with van der Waals surface area (Å²) in [6.07, 6.45) is 2.02. The van der Waals surface area contributed by atoms with Crippen molar-refractivity contribution in [3.63, 3.8) is 0 Å². The smallest absolute Gasteiger partial charge is 0.243 e. The standard InChI is InChI=1S/C13H17N3O2/c14-11(8-9-17)13-15-12(16-18-13)7-6-10-4-2-1-3-5-10/h1-5,11,17H,6-9,14H2. The van der Waals surface area contributed by atoms with Gasteiger partial charge in [0.05, 0.1) is 6.04 Å². The fourth-order valence-electron chi connectivity index (χ4n) is 1.68. The van der Waals surface area contributed by atoms with Crippen LogP contribution in [0.5, 0.6) is 0 Å². The summed E-state index contributed by atoms with van der Waals surface area (Å²) in [4.78, 5) is 4.23. The second-order valence-electron chi connectivity index (χ2n) is 4.15. The molecule has 0 fully saturated rings. The largest absolute Gasteiger partial charge is 0.396 e. The summed E-state index contributed by atoms with van der Waals surface area (Å²) in [6.45, 7) is 0.0168. The Balaban J connectivity index is 1.91. The van der Waals surface area contributed by atoms with Crippen molar-refractivity contribution < 1.29 is 9.63 Å². The van der Waals surface area contributed by atoms with Crippen molar-refractivity contribution in [2.75, 3.05) is 6.61 Å². The Bertz CT molecular complexity index is 470. The highest BCUT2D eigenvalue weighted by Crippen LogP contribution is 2.12. The lowest BCUT2D eigenvalue weighted by atomic mass is 10.1. The third-order valence-corrected chi connectivity index (χ3v) is 2.72. The number of aryl methyl sites for hydroxylation is 2. The third kappa shape index (κ3) is 3.38. The van der Waals surface area contributed by atoms with E-state index in [1.165, 1.54) is 5.56 Å². The monoisotopic (exact) mass is 247 g/mol. The van der Waals surface area contributed by atoms with Gasteiger partial charge in [-0.15, -0.1) is 0 Å². The van der Waals surface area contributed by atoms with Crippen LogP contribution in [0.3, 0.4) is 0 Å². The van der Waals surface area contributed by atoms with Gasteiger partial charge in [-0.1, -0.05) is 35.5 Å². The zero-order chi connectivity index (χ0) is 12.8. The molecule has 2 aromatic rings. The number of nitrogens with two attached hydrogens (primary N) is 1. The Morgan fingerprint density at radius 1 is 1.22 bits per heavy atom. The van der Waals surface area contributed by atoms with Gasteiger partial charge in [0, 0.05) is 13.0 Å². The van der Waals surface area contributed by atoms with E-state index in [4.69, 9.17) is 15.4 Å². The molecular formula is C13H17N3O2. The summed E-state index contributed by atoms with van der Waals surface area (Å²) in [6, 6.07) is 9.76. The number of aromatic nitrogens is 2. The van der Waals surface area contributed by atoms with Gasteiger partial charge in [-0.05, 0) is 18.4 Å². The topological polar surface area (TPSA) is 85.2 Å². The molecule has 5 heteroatoms. The molecule has 0 saturated carbocycles. The van der Waals surface area contributed by atoms with Crippen molar-refractivity contribution >= 4 is 0 Å². The van der Waals surface area contributed by atoms with Gasteiger partial charge in [-0.3, -0.25) is 0 Å². The molecule has 96 valence electrons. The molecule has 0 aliphatic carbocycles. The molecule has 1 aromatic heterocycles. The highest BCUT2D eigenvalue weighted by molar-refractivity contribution is 5.15. The van der Waals surface area contributed by atoms with Crippen molar-refractivity contribution in [1.29, 1.82) is 0 Å². The van der Waals surface area contributed by atoms with Gasteiger partial charge in [0.1, 0.15) is 0 Å². The van der Waals surface area contributed by atoms with Crippen LogP contribution in [0.4, 0.5) is 0 Å². The maximum absolute atomic E-state index is 8.79. The molecule has 1 aromatic carbocycles. The summed E-state index contributed by atoms with van der Waals surface area (Å²) in [5.74, 6) is 1.05. The quantitative estimate of drug-likeness (QED) is 0.802. The number of rotatable bonds is 6. The van der Waals surface area contributed by atoms with Gasteiger partial charge in [-0.25, -0.2) is 0 Å². The van der Waals surface area contributed by atoms with E-state index in [0.717, 1.165) is 12.8 Å². The Labute approximate surface area is 106 Å². The van der Waals surface area contributed by atoms with Crippen LogP contribution in [0.25, 0.3) is 0 Å².